The number of benzene rings is 2. The first-order valence-electron chi connectivity index (χ1n) is 12.1. The molecule has 4 aromatic rings. The first kappa shape index (κ1) is 23.6. The van der Waals surface area contributed by atoms with Crippen LogP contribution in [0.15, 0.2) is 47.3 Å². The highest BCUT2D eigenvalue weighted by molar-refractivity contribution is 7.18. The third-order valence-electron chi connectivity index (χ3n) is 7.10. The Bertz CT molecular complexity index is 1430. The van der Waals surface area contributed by atoms with E-state index >= 15 is 0 Å². The molecule has 0 saturated heterocycles. The van der Waals surface area contributed by atoms with Crippen molar-refractivity contribution in [3.05, 3.63) is 74.4 Å². The van der Waals surface area contributed by atoms with E-state index in [4.69, 9.17) is 14.5 Å². The molecule has 5 nitrogen and oxygen atoms in total. The summed E-state index contributed by atoms with van der Waals surface area (Å²) in [6.07, 6.45) is 3.09. The summed E-state index contributed by atoms with van der Waals surface area (Å²) in [6.45, 7) is 9.44. The predicted molar refractivity (Wildman–Crippen MR) is 143 cm³/mol. The minimum Gasteiger partial charge on any atom is -0.493 e. The van der Waals surface area contributed by atoms with Crippen LogP contribution < -0.4 is 15.0 Å². The van der Waals surface area contributed by atoms with Crippen LogP contribution in [0.3, 0.4) is 0 Å². The molecule has 0 amide bonds. The minimum absolute atomic E-state index is 0.0598. The molecule has 1 aliphatic rings. The Hall–Kier alpha value is -3.12. The highest BCUT2D eigenvalue weighted by atomic mass is 32.1. The van der Waals surface area contributed by atoms with Gasteiger partial charge in [0.1, 0.15) is 17.3 Å². The maximum Gasteiger partial charge on any atom is 0.260 e. The van der Waals surface area contributed by atoms with Crippen LogP contribution in [0, 0.1) is 18.3 Å². The van der Waals surface area contributed by atoms with Crippen molar-refractivity contribution in [2.75, 3.05) is 7.11 Å². The molecule has 0 radical (unpaired) electrons. The number of methoxy groups -OCH3 is 1. The van der Waals surface area contributed by atoms with Crippen molar-refractivity contribution in [2.45, 2.75) is 53.6 Å². The van der Waals surface area contributed by atoms with Gasteiger partial charge in [-0.1, -0.05) is 50.6 Å². The Kier molecular flexibility index (Phi) is 6.18. The standard InChI is InChI=1S/C29H32N2O3S/c1-17-6-8-18(9-7-17)16-34-22-13-10-19(14-23(22)33-5)26-30-27(32)25-21-12-11-20(29(2,3)4)15-24(21)35-28(25)31-26/h6-10,13-14,20H,11-12,15-16H2,1-5H3,(H,30,31,32). The van der Waals surface area contributed by atoms with Gasteiger partial charge in [0.2, 0.25) is 0 Å². The molecule has 2 aromatic heterocycles. The third-order valence-corrected chi connectivity index (χ3v) is 8.24. The van der Waals surface area contributed by atoms with Crippen molar-refractivity contribution < 1.29 is 9.47 Å². The number of rotatable bonds is 5. The van der Waals surface area contributed by atoms with E-state index in [1.165, 1.54) is 16.0 Å². The molecule has 0 fully saturated rings. The van der Waals surface area contributed by atoms with Crippen molar-refractivity contribution in [2.24, 2.45) is 11.3 Å². The zero-order chi connectivity index (χ0) is 24.7. The quantitative estimate of drug-likeness (QED) is 0.340. The number of nitrogens with zero attached hydrogens (tertiary/aromatic N) is 1. The van der Waals surface area contributed by atoms with Crippen LogP contribution in [0.5, 0.6) is 11.5 Å². The SMILES string of the molecule is COc1cc(-c2nc3sc4c(c3c(=O)[nH]2)CCC(C(C)(C)C)C4)ccc1OCc1ccc(C)cc1. The molecule has 0 bridgehead atoms. The van der Waals surface area contributed by atoms with Crippen LogP contribution in [0.2, 0.25) is 0 Å². The Morgan fingerprint density at radius 2 is 1.89 bits per heavy atom. The molecule has 0 spiro atoms. The van der Waals surface area contributed by atoms with Gasteiger partial charge in [0.05, 0.1) is 12.5 Å². The molecular formula is C29H32N2O3S. The van der Waals surface area contributed by atoms with Crippen LogP contribution in [-0.4, -0.2) is 17.1 Å². The summed E-state index contributed by atoms with van der Waals surface area (Å²) in [5.74, 6) is 2.44. The number of ether oxygens (including phenoxy) is 2. The van der Waals surface area contributed by atoms with E-state index in [1.54, 1.807) is 18.4 Å². The molecule has 6 heteroatoms. The lowest BCUT2D eigenvalue weighted by atomic mass is 9.72. The van der Waals surface area contributed by atoms with E-state index in [9.17, 15) is 4.79 Å². The zero-order valence-electron chi connectivity index (χ0n) is 21.0. The lowest BCUT2D eigenvalue weighted by Gasteiger charge is -2.33. The molecule has 0 saturated carbocycles. The van der Waals surface area contributed by atoms with E-state index in [2.05, 4.69) is 56.9 Å². The lowest BCUT2D eigenvalue weighted by molar-refractivity contribution is 0.218. The topological polar surface area (TPSA) is 64.2 Å². The number of hydrogen-bond donors (Lipinski definition) is 1. The Morgan fingerprint density at radius 3 is 2.60 bits per heavy atom. The van der Waals surface area contributed by atoms with Gasteiger partial charge in [-0.05, 0) is 66.8 Å². The molecular weight excluding hydrogens is 456 g/mol. The summed E-state index contributed by atoms with van der Waals surface area (Å²) in [6, 6.07) is 13.9. The molecule has 2 heterocycles. The number of hydrogen-bond acceptors (Lipinski definition) is 5. The van der Waals surface area contributed by atoms with Gasteiger partial charge in [-0.25, -0.2) is 4.98 Å². The summed E-state index contributed by atoms with van der Waals surface area (Å²) in [5, 5.41) is 0.770. The summed E-state index contributed by atoms with van der Waals surface area (Å²) in [4.78, 5) is 23.2. The Labute approximate surface area is 210 Å². The average Bonchev–Trinajstić information content (AvgIpc) is 3.21. The molecule has 1 unspecified atom stereocenters. The molecule has 5 rings (SSSR count). The third kappa shape index (κ3) is 4.72. The monoisotopic (exact) mass is 488 g/mol. The Morgan fingerprint density at radius 1 is 1.11 bits per heavy atom. The highest BCUT2D eigenvalue weighted by Gasteiger charge is 2.31. The molecule has 2 aromatic carbocycles. The maximum atomic E-state index is 13.1. The van der Waals surface area contributed by atoms with Crippen molar-refractivity contribution in [3.8, 4) is 22.9 Å². The predicted octanol–water partition coefficient (Wildman–Crippen LogP) is 6.70. The van der Waals surface area contributed by atoms with E-state index < -0.39 is 0 Å². The summed E-state index contributed by atoms with van der Waals surface area (Å²) >= 11 is 1.68. The number of H-pyrrole nitrogens is 1. The normalized spacial score (nSPS) is 15.7. The second-order valence-corrected chi connectivity index (χ2v) is 11.6. The van der Waals surface area contributed by atoms with Crippen LogP contribution in [0.4, 0.5) is 0 Å². The fourth-order valence-corrected chi connectivity index (χ4v) is 6.14. The Balaban J connectivity index is 1.44. The zero-order valence-corrected chi connectivity index (χ0v) is 21.8. The van der Waals surface area contributed by atoms with E-state index in [-0.39, 0.29) is 11.0 Å². The van der Waals surface area contributed by atoms with Gasteiger partial charge < -0.3 is 14.5 Å². The van der Waals surface area contributed by atoms with E-state index in [0.29, 0.717) is 29.8 Å². The molecule has 1 N–H and O–H groups in total. The molecule has 1 aliphatic carbocycles. The first-order chi connectivity index (χ1) is 16.7. The number of fused-ring (bicyclic) bond motifs is 3. The smallest absolute Gasteiger partial charge is 0.260 e. The van der Waals surface area contributed by atoms with Crippen molar-refractivity contribution >= 4 is 21.6 Å². The fraction of sp³-hybridized carbons (Fsp3) is 0.379. The van der Waals surface area contributed by atoms with Crippen molar-refractivity contribution in [1.29, 1.82) is 0 Å². The highest BCUT2D eigenvalue weighted by Crippen LogP contribution is 2.42. The van der Waals surface area contributed by atoms with Gasteiger partial charge in [0.25, 0.3) is 5.56 Å². The summed E-state index contributed by atoms with van der Waals surface area (Å²) in [7, 11) is 1.62. The van der Waals surface area contributed by atoms with Crippen LogP contribution in [0.25, 0.3) is 21.6 Å². The minimum atomic E-state index is -0.0598. The van der Waals surface area contributed by atoms with E-state index in [1.807, 2.05) is 18.2 Å². The van der Waals surface area contributed by atoms with Crippen LogP contribution >= 0.6 is 11.3 Å². The van der Waals surface area contributed by atoms with Gasteiger partial charge in [-0.3, -0.25) is 4.79 Å². The van der Waals surface area contributed by atoms with Crippen molar-refractivity contribution in [3.63, 3.8) is 0 Å². The number of thiophene rings is 1. The molecule has 35 heavy (non-hydrogen) atoms. The van der Waals surface area contributed by atoms with Gasteiger partial charge in [-0.2, -0.15) is 0 Å². The summed E-state index contributed by atoms with van der Waals surface area (Å²) < 4.78 is 11.6. The number of aromatic amines is 1. The maximum absolute atomic E-state index is 13.1. The van der Waals surface area contributed by atoms with Gasteiger partial charge >= 0.3 is 0 Å². The first-order valence-corrected chi connectivity index (χ1v) is 13.0. The van der Waals surface area contributed by atoms with Gasteiger partial charge in [-0.15, -0.1) is 11.3 Å². The molecule has 182 valence electrons. The second kappa shape index (κ2) is 9.15. The number of nitrogens with one attached hydrogen (secondary N) is 1. The number of aromatic nitrogens is 2. The van der Waals surface area contributed by atoms with Crippen LogP contribution in [-0.2, 0) is 19.4 Å². The van der Waals surface area contributed by atoms with Crippen LogP contribution in [0.1, 0.15) is 48.8 Å². The van der Waals surface area contributed by atoms with Gasteiger partial charge in [0.15, 0.2) is 11.5 Å². The lowest BCUT2D eigenvalue weighted by Crippen LogP contribution is -2.26. The summed E-state index contributed by atoms with van der Waals surface area (Å²) in [5.41, 5.74) is 4.50. The van der Waals surface area contributed by atoms with E-state index in [0.717, 1.165) is 40.6 Å². The second-order valence-electron chi connectivity index (χ2n) is 10.5. The van der Waals surface area contributed by atoms with Gasteiger partial charge in [0, 0.05) is 10.4 Å². The molecule has 0 aliphatic heterocycles. The van der Waals surface area contributed by atoms with Crippen molar-refractivity contribution in [1.82, 2.24) is 9.97 Å². The largest absolute Gasteiger partial charge is 0.493 e. The average molecular weight is 489 g/mol. The number of aryl methyl sites for hydroxylation is 2. The fourth-order valence-electron chi connectivity index (χ4n) is 4.84. The molecule has 1 atom stereocenters.